The van der Waals surface area contributed by atoms with E-state index in [0.29, 0.717) is 12.3 Å². The number of hydrogen-bond donors (Lipinski definition) is 2. The van der Waals surface area contributed by atoms with E-state index in [4.69, 9.17) is 0 Å². The van der Waals surface area contributed by atoms with Gasteiger partial charge in [-0.3, -0.25) is 4.90 Å². The number of halogens is 2. The Labute approximate surface area is 198 Å². The molecule has 3 aliphatic rings. The SMILES string of the molecule is Cc1cc(C2CC2)c(CN2CCC3(CC2c2ccc(C(=O)O)cc2)CC(F)(F)C3)c2cc[nH]c12. The third kappa shape index (κ3) is 3.72. The number of carboxylic acids is 1. The van der Waals surface area contributed by atoms with E-state index in [-0.39, 0.29) is 29.9 Å². The van der Waals surface area contributed by atoms with Crippen LogP contribution in [0.1, 0.15) is 83.1 Å². The fourth-order valence-corrected chi connectivity index (χ4v) is 6.54. The van der Waals surface area contributed by atoms with Gasteiger partial charge in [0.05, 0.1) is 5.56 Å². The van der Waals surface area contributed by atoms with Crippen molar-refractivity contribution in [1.82, 2.24) is 9.88 Å². The highest BCUT2D eigenvalue weighted by molar-refractivity contribution is 5.88. The van der Waals surface area contributed by atoms with Crippen LogP contribution in [0, 0.1) is 12.3 Å². The average Bonchev–Trinajstić information content (AvgIpc) is 3.50. The van der Waals surface area contributed by atoms with Crippen LogP contribution in [0.3, 0.4) is 0 Å². The number of nitrogens with one attached hydrogen (secondary N) is 1. The zero-order chi connectivity index (χ0) is 23.7. The molecule has 3 fully saturated rings. The summed E-state index contributed by atoms with van der Waals surface area (Å²) < 4.78 is 27.9. The second-order valence-electron chi connectivity index (χ2n) is 10.9. The van der Waals surface area contributed by atoms with E-state index in [1.54, 1.807) is 12.1 Å². The number of aromatic amines is 1. The molecule has 3 aromatic rings. The van der Waals surface area contributed by atoms with E-state index in [0.717, 1.165) is 25.1 Å². The van der Waals surface area contributed by atoms with Crippen LogP contribution in [0.2, 0.25) is 0 Å². The molecule has 2 saturated carbocycles. The second-order valence-corrected chi connectivity index (χ2v) is 10.9. The Morgan fingerprint density at radius 3 is 2.56 bits per heavy atom. The number of rotatable bonds is 5. The van der Waals surface area contributed by atoms with E-state index >= 15 is 0 Å². The molecule has 2 aliphatic carbocycles. The fourth-order valence-electron chi connectivity index (χ4n) is 6.54. The number of carboxylic acid groups (broad SMARTS) is 1. The Hall–Kier alpha value is -2.73. The van der Waals surface area contributed by atoms with Crippen molar-refractivity contribution in [3.05, 3.63) is 70.4 Å². The third-order valence-corrected chi connectivity index (χ3v) is 8.37. The summed E-state index contributed by atoms with van der Waals surface area (Å²) in [5, 5.41) is 10.6. The minimum absolute atomic E-state index is 0.00459. The van der Waals surface area contributed by atoms with Gasteiger partial charge >= 0.3 is 5.97 Å². The maximum atomic E-state index is 13.9. The van der Waals surface area contributed by atoms with Crippen molar-refractivity contribution in [2.24, 2.45) is 5.41 Å². The summed E-state index contributed by atoms with van der Waals surface area (Å²) in [7, 11) is 0. The normalized spacial score (nSPS) is 23.8. The smallest absolute Gasteiger partial charge is 0.335 e. The summed E-state index contributed by atoms with van der Waals surface area (Å²) in [6.45, 7) is 3.70. The first-order chi connectivity index (χ1) is 16.2. The van der Waals surface area contributed by atoms with Crippen molar-refractivity contribution < 1.29 is 18.7 Å². The number of nitrogens with zero attached hydrogens (tertiary/aromatic N) is 1. The van der Waals surface area contributed by atoms with Gasteiger partial charge in [-0.2, -0.15) is 0 Å². The largest absolute Gasteiger partial charge is 0.478 e. The van der Waals surface area contributed by atoms with Gasteiger partial charge in [-0.25, -0.2) is 13.6 Å². The van der Waals surface area contributed by atoms with Crippen LogP contribution in [-0.2, 0) is 6.54 Å². The zero-order valence-corrected chi connectivity index (χ0v) is 19.4. The Balaban J connectivity index is 1.37. The lowest BCUT2D eigenvalue weighted by Gasteiger charge is -2.54. The van der Waals surface area contributed by atoms with Crippen LogP contribution in [0.15, 0.2) is 42.6 Å². The summed E-state index contributed by atoms with van der Waals surface area (Å²) in [6, 6.07) is 11.5. The average molecular weight is 465 g/mol. The molecule has 2 N–H and O–H groups in total. The van der Waals surface area contributed by atoms with Gasteiger partial charge in [0, 0.05) is 42.5 Å². The summed E-state index contributed by atoms with van der Waals surface area (Å²) in [5.41, 5.74) is 6.18. The summed E-state index contributed by atoms with van der Waals surface area (Å²) in [6.07, 6.45) is 5.86. The van der Waals surface area contributed by atoms with Gasteiger partial charge in [0.15, 0.2) is 0 Å². The maximum Gasteiger partial charge on any atom is 0.335 e. The molecule has 0 bridgehead atoms. The fraction of sp³-hybridized carbons (Fsp3) is 0.464. The maximum absolute atomic E-state index is 13.9. The van der Waals surface area contributed by atoms with Crippen molar-refractivity contribution in [3.63, 3.8) is 0 Å². The van der Waals surface area contributed by atoms with Gasteiger partial charge in [0.1, 0.15) is 0 Å². The quantitative estimate of drug-likeness (QED) is 0.436. The minimum atomic E-state index is -2.55. The molecule has 1 spiro atoms. The molecule has 2 heterocycles. The first-order valence-corrected chi connectivity index (χ1v) is 12.3. The predicted molar refractivity (Wildman–Crippen MR) is 127 cm³/mol. The summed E-state index contributed by atoms with van der Waals surface area (Å²) in [5.74, 6) is -2.89. The van der Waals surface area contributed by atoms with Crippen molar-refractivity contribution in [2.75, 3.05) is 6.54 Å². The van der Waals surface area contributed by atoms with E-state index in [2.05, 4.69) is 28.9 Å². The number of H-pyrrole nitrogens is 1. The van der Waals surface area contributed by atoms with Crippen LogP contribution >= 0.6 is 0 Å². The van der Waals surface area contributed by atoms with Gasteiger partial charge in [0.25, 0.3) is 0 Å². The van der Waals surface area contributed by atoms with E-state index in [1.165, 1.54) is 40.4 Å². The number of aromatic nitrogens is 1. The predicted octanol–water partition coefficient (Wildman–Crippen LogP) is 6.80. The molecule has 4 nitrogen and oxygen atoms in total. The topological polar surface area (TPSA) is 56.3 Å². The standard InChI is InChI=1S/C28H30F2N2O2/c1-17-12-22(18-2-3-18)23(21-8-10-31-25(17)21)14-32-11-9-27(15-28(29,30)16-27)13-24(32)19-4-6-20(7-5-19)26(33)34/h4-8,10,12,18,24,31H,2-3,9,11,13-16H2,1H3,(H,33,34). The number of piperidine rings is 1. The number of benzene rings is 2. The van der Waals surface area contributed by atoms with Crippen LogP contribution in [0.25, 0.3) is 10.9 Å². The van der Waals surface area contributed by atoms with Gasteiger partial charge in [-0.05, 0) is 90.9 Å². The molecule has 1 unspecified atom stereocenters. The molecule has 6 heteroatoms. The summed E-state index contributed by atoms with van der Waals surface area (Å²) in [4.78, 5) is 17.2. The Morgan fingerprint density at radius 1 is 1.18 bits per heavy atom. The van der Waals surface area contributed by atoms with E-state index in [9.17, 15) is 18.7 Å². The molecular weight excluding hydrogens is 434 g/mol. The van der Waals surface area contributed by atoms with Crippen LogP contribution in [0.4, 0.5) is 8.78 Å². The monoisotopic (exact) mass is 464 g/mol. The molecule has 0 amide bonds. The van der Waals surface area contributed by atoms with Gasteiger partial charge in [-0.15, -0.1) is 0 Å². The van der Waals surface area contributed by atoms with Crippen LogP contribution < -0.4 is 0 Å². The van der Waals surface area contributed by atoms with Gasteiger partial charge < -0.3 is 10.1 Å². The Kier molecular flexibility index (Phi) is 4.89. The number of aryl methyl sites for hydroxylation is 1. The van der Waals surface area contributed by atoms with E-state index in [1.807, 2.05) is 18.3 Å². The first kappa shape index (κ1) is 21.8. The number of alkyl halides is 2. The first-order valence-electron chi connectivity index (χ1n) is 12.3. The molecule has 1 aromatic heterocycles. The highest BCUT2D eigenvalue weighted by Gasteiger charge is 2.58. The lowest BCUT2D eigenvalue weighted by atomic mass is 9.59. The molecule has 178 valence electrons. The molecule has 2 aromatic carbocycles. The van der Waals surface area contributed by atoms with Crippen LogP contribution in [0.5, 0.6) is 0 Å². The zero-order valence-electron chi connectivity index (χ0n) is 19.4. The summed E-state index contributed by atoms with van der Waals surface area (Å²) >= 11 is 0. The lowest BCUT2D eigenvalue weighted by Crippen LogP contribution is -2.53. The molecule has 6 rings (SSSR count). The van der Waals surface area contributed by atoms with Crippen molar-refractivity contribution in [2.45, 2.75) is 69.9 Å². The molecule has 1 saturated heterocycles. The lowest BCUT2D eigenvalue weighted by molar-refractivity contribution is -0.186. The van der Waals surface area contributed by atoms with Crippen molar-refractivity contribution in [3.8, 4) is 0 Å². The van der Waals surface area contributed by atoms with E-state index < -0.39 is 11.9 Å². The third-order valence-electron chi connectivity index (χ3n) is 8.37. The molecule has 0 radical (unpaired) electrons. The van der Waals surface area contributed by atoms with Gasteiger partial charge in [-0.1, -0.05) is 18.2 Å². The van der Waals surface area contributed by atoms with Crippen molar-refractivity contribution in [1.29, 1.82) is 0 Å². The number of carbonyl (C=O) groups is 1. The van der Waals surface area contributed by atoms with Crippen molar-refractivity contribution >= 4 is 16.9 Å². The number of likely N-dealkylation sites (tertiary alicyclic amines) is 1. The highest BCUT2D eigenvalue weighted by atomic mass is 19.3. The second kappa shape index (κ2) is 7.64. The molecule has 1 aliphatic heterocycles. The van der Waals surface area contributed by atoms with Gasteiger partial charge in [0.2, 0.25) is 5.92 Å². The number of hydrogen-bond acceptors (Lipinski definition) is 2. The molecule has 1 atom stereocenters. The highest BCUT2D eigenvalue weighted by Crippen LogP contribution is 2.60. The number of fused-ring (bicyclic) bond motifs is 1. The molecule has 34 heavy (non-hydrogen) atoms. The number of aromatic carboxylic acids is 1. The minimum Gasteiger partial charge on any atom is -0.478 e. The Morgan fingerprint density at radius 2 is 1.91 bits per heavy atom. The Bertz CT molecular complexity index is 1250. The molecular formula is C28H30F2N2O2. The van der Waals surface area contributed by atoms with Crippen LogP contribution in [-0.4, -0.2) is 33.4 Å².